The smallest absolute Gasteiger partial charge is 0.140 e. The summed E-state index contributed by atoms with van der Waals surface area (Å²) in [7, 11) is 2.07. The van der Waals surface area contributed by atoms with Crippen molar-refractivity contribution in [2.45, 2.75) is 13.1 Å². The van der Waals surface area contributed by atoms with Gasteiger partial charge in [-0.3, -0.25) is 9.88 Å². The second-order valence-corrected chi connectivity index (χ2v) is 4.23. The minimum Gasteiger partial charge on any atom is -0.308 e. The van der Waals surface area contributed by atoms with Gasteiger partial charge in [0.2, 0.25) is 0 Å². The molecule has 0 unspecified atom stereocenters. The second-order valence-electron chi connectivity index (χ2n) is 4.23. The molecule has 18 heavy (non-hydrogen) atoms. The summed E-state index contributed by atoms with van der Waals surface area (Å²) in [5.41, 5.74) is 4.92. The number of rotatable bonds is 5. The predicted molar refractivity (Wildman–Crippen MR) is 71.5 cm³/mol. The number of anilines is 1. The minimum atomic E-state index is 0.683. The summed E-state index contributed by atoms with van der Waals surface area (Å²) >= 11 is 0. The predicted octanol–water partition coefficient (Wildman–Crippen LogP) is 1.39. The van der Waals surface area contributed by atoms with Crippen LogP contribution < -0.4 is 11.3 Å². The Morgan fingerprint density at radius 2 is 2.06 bits per heavy atom. The molecule has 0 aliphatic carbocycles. The van der Waals surface area contributed by atoms with Crippen LogP contribution in [-0.2, 0) is 13.1 Å². The number of hydrogen-bond acceptors (Lipinski definition) is 5. The Morgan fingerprint density at radius 1 is 1.22 bits per heavy atom. The van der Waals surface area contributed by atoms with E-state index in [0.29, 0.717) is 5.82 Å². The number of pyridine rings is 2. The van der Waals surface area contributed by atoms with E-state index in [1.165, 1.54) is 11.1 Å². The van der Waals surface area contributed by atoms with Gasteiger partial charge >= 0.3 is 0 Å². The van der Waals surface area contributed by atoms with Crippen LogP contribution in [0, 0.1) is 0 Å². The number of nitrogens with zero attached hydrogens (tertiary/aromatic N) is 3. The summed E-state index contributed by atoms with van der Waals surface area (Å²) in [6.45, 7) is 1.70. The molecule has 2 aromatic heterocycles. The Morgan fingerprint density at radius 3 is 2.78 bits per heavy atom. The van der Waals surface area contributed by atoms with E-state index >= 15 is 0 Å². The number of aromatic nitrogens is 2. The Hall–Kier alpha value is -1.98. The number of nitrogens with one attached hydrogen (secondary N) is 1. The van der Waals surface area contributed by atoms with E-state index in [0.717, 1.165) is 13.1 Å². The third-order valence-corrected chi connectivity index (χ3v) is 2.60. The van der Waals surface area contributed by atoms with Crippen LogP contribution in [0.25, 0.3) is 0 Å². The molecule has 2 rings (SSSR count). The van der Waals surface area contributed by atoms with Crippen molar-refractivity contribution in [1.82, 2.24) is 14.9 Å². The highest BCUT2D eigenvalue weighted by atomic mass is 15.2. The third kappa shape index (κ3) is 3.51. The molecule has 94 valence electrons. The standard InChI is InChI=1S/C13H17N5/c1-18(10-12-3-2-5-15-8-12)9-11-4-6-16-13(7-11)17-14/h2-8H,9-10,14H2,1H3,(H,16,17). The Labute approximate surface area is 107 Å². The maximum atomic E-state index is 5.34. The van der Waals surface area contributed by atoms with Crippen LogP contribution in [0.3, 0.4) is 0 Å². The molecule has 0 radical (unpaired) electrons. The average Bonchev–Trinajstić information content (AvgIpc) is 2.40. The van der Waals surface area contributed by atoms with Crippen molar-refractivity contribution in [3.8, 4) is 0 Å². The number of hydrogen-bond donors (Lipinski definition) is 2. The van der Waals surface area contributed by atoms with E-state index in [2.05, 4.69) is 33.4 Å². The van der Waals surface area contributed by atoms with Crippen LogP contribution in [-0.4, -0.2) is 21.9 Å². The van der Waals surface area contributed by atoms with Crippen molar-refractivity contribution in [3.05, 3.63) is 54.0 Å². The second kappa shape index (κ2) is 6.09. The molecule has 0 bridgehead atoms. The molecule has 2 heterocycles. The zero-order chi connectivity index (χ0) is 12.8. The lowest BCUT2D eigenvalue weighted by Crippen LogP contribution is -2.17. The monoisotopic (exact) mass is 243 g/mol. The summed E-state index contributed by atoms with van der Waals surface area (Å²) in [6.07, 6.45) is 5.42. The van der Waals surface area contributed by atoms with Crippen molar-refractivity contribution in [3.63, 3.8) is 0 Å². The average molecular weight is 243 g/mol. The van der Waals surface area contributed by atoms with Crippen LogP contribution in [0.1, 0.15) is 11.1 Å². The van der Waals surface area contributed by atoms with E-state index in [-0.39, 0.29) is 0 Å². The Bertz CT molecular complexity index is 486. The Balaban J connectivity index is 1.96. The molecule has 0 saturated heterocycles. The van der Waals surface area contributed by atoms with Gasteiger partial charge in [0.1, 0.15) is 5.82 Å². The molecular weight excluding hydrogens is 226 g/mol. The van der Waals surface area contributed by atoms with Gasteiger partial charge in [-0.15, -0.1) is 0 Å². The molecule has 3 N–H and O–H groups in total. The van der Waals surface area contributed by atoms with Crippen molar-refractivity contribution < 1.29 is 0 Å². The van der Waals surface area contributed by atoms with Crippen LogP contribution >= 0.6 is 0 Å². The van der Waals surface area contributed by atoms with Crippen LogP contribution in [0.5, 0.6) is 0 Å². The summed E-state index contributed by atoms with van der Waals surface area (Å²) < 4.78 is 0. The molecule has 0 atom stereocenters. The lowest BCUT2D eigenvalue weighted by Gasteiger charge is -2.16. The van der Waals surface area contributed by atoms with Crippen LogP contribution in [0.4, 0.5) is 5.82 Å². The van der Waals surface area contributed by atoms with Crippen molar-refractivity contribution in [1.29, 1.82) is 0 Å². The molecule has 0 amide bonds. The van der Waals surface area contributed by atoms with Gasteiger partial charge in [0.05, 0.1) is 0 Å². The van der Waals surface area contributed by atoms with Gasteiger partial charge in [-0.05, 0) is 36.4 Å². The maximum absolute atomic E-state index is 5.34. The fourth-order valence-corrected chi connectivity index (χ4v) is 1.82. The summed E-state index contributed by atoms with van der Waals surface area (Å²) in [4.78, 5) is 10.4. The van der Waals surface area contributed by atoms with Gasteiger partial charge in [0.15, 0.2) is 0 Å². The van der Waals surface area contributed by atoms with Gasteiger partial charge in [0.25, 0.3) is 0 Å². The summed E-state index contributed by atoms with van der Waals surface area (Å²) in [5, 5.41) is 0. The van der Waals surface area contributed by atoms with E-state index in [1.54, 1.807) is 12.4 Å². The summed E-state index contributed by atoms with van der Waals surface area (Å²) in [5.74, 6) is 6.02. The SMILES string of the molecule is CN(Cc1cccnc1)Cc1ccnc(NN)c1. The first kappa shape index (κ1) is 12.5. The molecule has 2 aromatic rings. The van der Waals surface area contributed by atoms with E-state index in [4.69, 9.17) is 5.84 Å². The lowest BCUT2D eigenvalue weighted by molar-refractivity contribution is 0.318. The fraction of sp³-hybridized carbons (Fsp3) is 0.231. The fourth-order valence-electron chi connectivity index (χ4n) is 1.82. The quantitative estimate of drug-likeness (QED) is 0.613. The first-order chi connectivity index (χ1) is 8.78. The van der Waals surface area contributed by atoms with Crippen LogP contribution in [0.15, 0.2) is 42.9 Å². The summed E-state index contributed by atoms with van der Waals surface area (Å²) in [6, 6.07) is 7.95. The molecular formula is C13H17N5. The van der Waals surface area contributed by atoms with Crippen molar-refractivity contribution in [2.75, 3.05) is 12.5 Å². The molecule has 0 fully saturated rings. The van der Waals surface area contributed by atoms with Gasteiger partial charge in [-0.25, -0.2) is 10.8 Å². The molecule has 5 nitrogen and oxygen atoms in total. The first-order valence-corrected chi connectivity index (χ1v) is 5.77. The van der Waals surface area contributed by atoms with Gasteiger partial charge in [-0.2, -0.15) is 0 Å². The van der Waals surface area contributed by atoms with Gasteiger partial charge in [-0.1, -0.05) is 6.07 Å². The van der Waals surface area contributed by atoms with Gasteiger partial charge in [0, 0.05) is 31.7 Å². The highest BCUT2D eigenvalue weighted by Gasteiger charge is 2.03. The molecule has 0 aliphatic heterocycles. The van der Waals surface area contributed by atoms with E-state index < -0.39 is 0 Å². The Kier molecular flexibility index (Phi) is 4.22. The minimum absolute atomic E-state index is 0.683. The lowest BCUT2D eigenvalue weighted by atomic mass is 10.2. The van der Waals surface area contributed by atoms with E-state index in [9.17, 15) is 0 Å². The van der Waals surface area contributed by atoms with Crippen molar-refractivity contribution >= 4 is 5.82 Å². The van der Waals surface area contributed by atoms with Gasteiger partial charge < -0.3 is 5.43 Å². The highest BCUT2D eigenvalue weighted by Crippen LogP contribution is 2.09. The normalized spacial score (nSPS) is 10.6. The maximum Gasteiger partial charge on any atom is 0.140 e. The number of hydrazine groups is 1. The first-order valence-electron chi connectivity index (χ1n) is 5.77. The third-order valence-electron chi connectivity index (χ3n) is 2.60. The van der Waals surface area contributed by atoms with E-state index in [1.807, 2.05) is 24.4 Å². The topological polar surface area (TPSA) is 67.1 Å². The zero-order valence-electron chi connectivity index (χ0n) is 10.4. The molecule has 5 heteroatoms. The molecule has 0 spiro atoms. The largest absolute Gasteiger partial charge is 0.308 e. The molecule has 0 aromatic carbocycles. The van der Waals surface area contributed by atoms with Crippen molar-refractivity contribution in [2.24, 2.45) is 5.84 Å². The zero-order valence-corrected chi connectivity index (χ0v) is 10.4. The molecule has 0 saturated carbocycles. The highest BCUT2D eigenvalue weighted by molar-refractivity contribution is 5.35. The number of nitrogens with two attached hydrogens (primary N) is 1. The molecule has 0 aliphatic rings. The van der Waals surface area contributed by atoms with Crippen LogP contribution in [0.2, 0.25) is 0 Å². The number of nitrogen functional groups attached to an aromatic ring is 1.